The van der Waals surface area contributed by atoms with Gasteiger partial charge < -0.3 is 11.5 Å². The lowest BCUT2D eigenvalue weighted by Gasteiger charge is -2.25. The average molecular weight is 350 g/mol. The summed E-state index contributed by atoms with van der Waals surface area (Å²) in [4.78, 5) is 11.0. The van der Waals surface area contributed by atoms with Crippen LogP contribution in [0.1, 0.15) is 13.8 Å². The summed E-state index contributed by atoms with van der Waals surface area (Å²) in [7, 11) is -3.87. The van der Waals surface area contributed by atoms with Crippen molar-refractivity contribution in [2.75, 3.05) is 12.3 Å². The summed E-state index contributed by atoms with van der Waals surface area (Å²) in [5.74, 6) is -0.717. The van der Waals surface area contributed by atoms with Crippen molar-refractivity contribution in [1.29, 1.82) is 0 Å². The zero-order valence-corrected chi connectivity index (χ0v) is 13.0. The van der Waals surface area contributed by atoms with Crippen molar-refractivity contribution in [3.63, 3.8) is 0 Å². The lowest BCUT2D eigenvalue weighted by Crippen LogP contribution is -2.42. The Morgan fingerprint density at radius 1 is 1.42 bits per heavy atom. The Hall–Kier alpha value is -1.12. The Bertz CT molecular complexity index is 587. The van der Waals surface area contributed by atoms with E-state index < -0.39 is 22.0 Å². The number of nitrogens with two attached hydrogens (primary N) is 2. The number of amides is 1. The molecule has 6 nitrogen and oxygen atoms in total. The van der Waals surface area contributed by atoms with Crippen LogP contribution >= 0.6 is 15.9 Å². The van der Waals surface area contributed by atoms with Gasteiger partial charge in [0.05, 0.1) is 12.2 Å². The summed E-state index contributed by atoms with van der Waals surface area (Å²) in [6.45, 7) is 2.94. The number of benzene rings is 1. The van der Waals surface area contributed by atoms with E-state index in [4.69, 9.17) is 11.5 Å². The topological polar surface area (TPSA) is 106 Å². The first-order valence-electron chi connectivity index (χ1n) is 5.51. The third kappa shape index (κ3) is 3.68. The molecule has 1 amide bonds. The summed E-state index contributed by atoms with van der Waals surface area (Å²) in [6.07, 6.45) is 0. The van der Waals surface area contributed by atoms with Gasteiger partial charge in [0.25, 0.3) is 0 Å². The summed E-state index contributed by atoms with van der Waals surface area (Å²) < 4.78 is 26.6. The van der Waals surface area contributed by atoms with Gasteiger partial charge in [-0.2, -0.15) is 4.31 Å². The van der Waals surface area contributed by atoms with E-state index >= 15 is 0 Å². The second-order valence-corrected chi connectivity index (χ2v) is 7.07. The average Bonchev–Trinajstić information content (AvgIpc) is 2.28. The molecule has 1 aromatic rings. The molecule has 8 heteroatoms. The predicted octanol–water partition coefficient (Wildman–Crippen LogP) is 0.916. The van der Waals surface area contributed by atoms with Crippen LogP contribution in [0, 0.1) is 0 Å². The third-order valence-corrected chi connectivity index (χ3v) is 5.02. The summed E-state index contributed by atoms with van der Waals surface area (Å²) in [6, 6.07) is 4.12. The number of hydrogen-bond acceptors (Lipinski definition) is 4. The van der Waals surface area contributed by atoms with E-state index in [0.717, 1.165) is 4.31 Å². The van der Waals surface area contributed by atoms with Crippen molar-refractivity contribution in [3.8, 4) is 0 Å². The van der Waals surface area contributed by atoms with Gasteiger partial charge in [0.2, 0.25) is 15.9 Å². The number of halogens is 1. The minimum atomic E-state index is -3.87. The molecule has 0 aliphatic heterocycles. The first-order valence-corrected chi connectivity index (χ1v) is 7.74. The van der Waals surface area contributed by atoms with Gasteiger partial charge in [-0.1, -0.05) is 15.9 Å². The lowest BCUT2D eigenvalue weighted by atomic mass is 10.3. The van der Waals surface area contributed by atoms with Crippen molar-refractivity contribution < 1.29 is 13.2 Å². The monoisotopic (exact) mass is 349 g/mol. The third-order valence-electron chi connectivity index (χ3n) is 2.45. The number of nitrogens with zero attached hydrogens (tertiary/aromatic N) is 1. The minimum absolute atomic E-state index is 0.0446. The molecule has 0 aromatic heterocycles. The molecule has 0 radical (unpaired) electrons. The molecule has 106 valence electrons. The molecule has 19 heavy (non-hydrogen) atoms. The highest BCUT2D eigenvalue weighted by Gasteiger charge is 2.30. The normalized spacial score (nSPS) is 12.1. The van der Waals surface area contributed by atoms with Gasteiger partial charge in [0.15, 0.2) is 0 Å². The van der Waals surface area contributed by atoms with Crippen LogP contribution in [-0.2, 0) is 14.8 Å². The van der Waals surface area contributed by atoms with Crippen molar-refractivity contribution in [3.05, 3.63) is 22.7 Å². The van der Waals surface area contributed by atoms with Gasteiger partial charge in [-0.05, 0) is 32.0 Å². The molecular formula is C11H16BrN3O3S. The Labute approximate surface area is 120 Å². The second kappa shape index (κ2) is 5.89. The Morgan fingerprint density at radius 3 is 2.47 bits per heavy atom. The first kappa shape index (κ1) is 15.9. The van der Waals surface area contributed by atoms with Gasteiger partial charge in [0.1, 0.15) is 4.90 Å². The number of hydrogen-bond donors (Lipinski definition) is 2. The highest BCUT2D eigenvalue weighted by Crippen LogP contribution is 2.26. The molecule has 0 heterocycles. The Morgan fingerprint density at radius 2 is 2.00 bits per heavy atom. The maximum atomic E-state index is 12.5. The number of primary amides is 1. The van der Waals surface area contributed by atoms with Crippen molar-refractivity contribution in [2.24, 2.45) is 5.73 Å². The van der Waals surface area contributed by atoms with Crippen LogP contribution in [0.4, 0.5) is 5.69 Å². The van der Waals surface area contributed by atoms with Gasteiger partial charge in [-0.25, -0.2) is 8.42 Å². The number of anilines is 1. The van der Waals surface area contributed by atoms with E-state index in [2.05, 4.69) is 15.9 Å². The molecule has 4 N–H and O–H groups in total. The number of nitrogen functional groups attached to an aromatic ring is 1. The fourth-order valence-corrected chi connectivity index (χ4v) is 3.82. The van der Waals surface area contributed by atoms with Crippen LogP contribution in [0.2, 0.25) is 0 Å². The quantitative estimate of drug-likeness (QED) is 0.770. The Balaban J connectivity index is 3.34. The molecular weight excluding hydrogens is 334 g/mol. The maximum Gasteiger partial charge on any atom is 0.245 e. The molecule has 0 spiro atoms. The smallest absolute Gasteiger partial charge is 0.245 e. The highest BCUT2D eigenvalue weighted by atomic mass is 79.9. The molecule has 0 bridgehead atoms. The number of carbonyl (C=O) groups is 1. The number of sulfonamides is 1. The van der Waals surface area contributed by atoms with Crippen molar-refractivity contribution in [1.82, 2.24) is 4.31 Å². The zero-order chi connectivity index (χ0) is 14.8. The van der Waals surface area contributed by atoms with E-state index in [9.17, 15) is 13.2 Å². The van der Waals surface area contributed by atoms with Crippen LogP contribution in [0.3, 0.4) is 0 Å². The standard InChI is InChI=1S/C11H16BrN3O3S/c1-7(2)15(6-11(14)16)19(17,18)10-5-8(12)3-4-9(10)13/h3-5,7H,6,13H2,1-2H3,(H2,14,16). The molecule has 1 rings (SSSR count). The van der Waals surface area contributed by atoms with Crippen molar-refractivity contribution >= 4 is 37.5 Å². The highest BCUT2D eigenvalue weighted by molar-refractivity contribution is 9.10. The molecule has 0 fully saturated rings. The van der Waals surface area contributed by atoms with Crippen LogP contribution in [0.25, 0.3) is 0 Å². The van der Waals surface area contributed by atoms with Gasteiger partial charge in [-0.15, -0.1) is 0 Å². The van der Waals surface area contributed by atoms with E-state index in [1.165, 1.54) is 12.1 Å². The molecule has 1 aromatic carbocycles. The minimum Gasteiger partial charge on any atom is -0.398 e. The lowest BCUT2D eigenvalue weighted by molar-refractivity contribution is -0.118. The van der Waals surface area contributed by atoms with Crippen molar-refractivity contribution in [2.45, 2.75) is 24.8 Å². The molecule has 0 unspecified atom stereocenters. The van der Waals surface area contributed by atoms with E-state index in [-0.39, 0.29) is 17.1 Å². The molecule has 0 aliphatic carbocycles. The fraction of sp³-hybridized carbons (Fsp3) is 0.364. The molecule has 0 saturated heterocycles. The molecule has 0 saturated carbocycles. The second-order valence-electron chi connectivity index (χ2n) is 4.29. The Kier molecular flexibility index (Phi) is 4.94. The van der Waals surface area contributed by atoms with Crippen LogP contribution < -0.4 is 11.5 Å². The van der Waals surface area contributed by atoms with Crippen LogP contribution in [0.5, 0.6) is 0 Å². The summed E-state index contributed by atoms with van der Waals surface area (Å²) in [5.41, 5.74) is 10.9. The van der Waals surface area contributed by atoms with Crippen LogP contribution in [0.15, 0.2) is 27.6 Å². The van der Waals surface area contributed by atoms with E-state index in [0.29, 0.717) is 4.47 Å². The number of carbonyl (C=O) groups excluding carboxylic acids is 1. The van der Waals surface area contributed by atoms with E-state index in [1.807, 2.05) is 0 Å². The number of rotatable bonds is 5. The van der Waals surface area contributed by atoms with Gasteiger partial charge >= 0.3 is 0 Å². The SMILES string of the molecule is CC(C)N(CC(N)=O)S(=O)(=O)c1cc(Br)ccc1N. The fourth-order valence-electron chi connectivity index (χ4n) is 1.56. The van der Waals surface area contributed by atoms with Gasteiger partial charge in [0, 0.05) is 10.5 Å². The maximum absolute atomic E-state index is 12.5. The van der Waals surface area contributed by atoms with E-state index in [1.54, 1.807) is 19.9 Å². The summed E-state index contributed by atoms with van der Waals surface area (Å²) in [5, 5.41) is 0. The van der Waals surface area contributed by atoms with Gasteiger partial charge in [-0.3, -0.25) is 4.79 Å². The molecule has 0 atom stereocenters. The largest absolute Gasteiger partial charge is 0.398 e. The zero-order valence-electron chi connectivity index (χ0n) is 10.6. The summed E-state index contributed by atoms with van der Waals surface area (Å²) >= 11 is 3.20. The molecule has 0 aliphatic rings. The first-order chi connectivity index (χ1) is 8.66. The predicted molar refractivity (Wildman–Crippen MR) is 76.8 cm³/mol. The van der Waals surface area contributed by atoms with Crippen LogP contribution in [-0.4, -0.2) is 31.2 Å².